The second kappa shape index (κ2) is 39.6. The summed E-state index contributed by atoms with van der Waals surface area (Å²) in [6.45, 7) is 10.7. The number of carbonyl (C=O) groups excluding carboxylic acids is 12. The van der Waals surface area contributed by atoms with Crippen molar-refractivity contribution >= 4 is 76.8 Å². The minimum Gasteiger partial charge on any atom is -0.394 e. The number of aliphatic hydroxyl groups excluding tert-OH is 2. The summed E-state index contributed by atoms with van der Waals surface area (Å²) in [5.41, 5.74) is 39.6. The highest BCUT2D eigenvalue weighted by molar-refractivity contribution is 5.99. The number of nitrogens with one attached hydrogen (secondary N) is 9. The highest BCUT2D eigenvalue weighted by Gasteiger charge is 2.37. The quantitative estimate of drug-likeness (QED) is 0.0165. The minimum absolute atomic E-state index is 0.0215. The second-order valence-corrected chi connectivity index (χ2v) is 22.3. The summed E-state index contributed by atoms with van der Waals surface area (Å²) in [7, 11) is 0. The number of aliphatic hydroxyl groups is 2. The number of rotatable bonds is 42. The van der Waals surface area contributed by atoms with E-state index in [1.165, 1.54) is 6.92 Å². The van der Waals surface area contributed by atoms with E-state index in [0.29, 0.717) is 12.0 Å². The molecule has 12 amide bonds. The molecule has 0 aliphatic heterocycles. The Morgan fingerprint density at radius 1 is 0.477 bits per heavy atom. The van der Waals surface area contributed by atoms with Crippen molar-refractivity contribution in [3.63, 3.8) is 0 Å². The first kappa shape index (κ1) is 76.0. The van der Waals surface area contributed by atoms with Crippen LogP contribution in [-0.4, -0.2) is 173 Å². The highest BCUT2D eigenvalue weighted by Crippen LogP contribution is 2.13. The fourth-order valence-corrected chi connectivity index (χ4v) is 8.44. The van der Waals surface area contributed by atoms with Gasteiger partial charge in [0.2, 0.25) is 70.9 Å². The molecule has 0 spiro atoms. The summed E-state index contributed by atoms with van der Waals surface area (Å²) in [6.07, 6.45) is -2.86. The van der Waals surface area contributed by atoms with Crippen molar-refractivity contribution in [3.05, 3.63) is 35.9 Å². The fraction of sp³-hybridized carbons (Fsp3) is 0.655. The number of hydrogen-bond acceptors (Lipinski definition) is 17. The molecule has 31 nitrogen and oxygen atoms in total. The van der Waals surface area contributed by atoms with Gasteiger partial charge in [0.05, 0.1) is 18.8 Å². The van der Waals surface area contributed by atoms with Crippen LogP contribution in [0.25, 0.3) is 0 Å². The number of unbranched alkanes of at least 4 members (excludes halogenated alkanes) is 1. The average molecular weight is 1220 g/mol. The maximum absolute atomic E-state index is 14.4. The number of carbonyl (C=O) groups is 12. The van der Waals surface area contributed by atoms with Crippen molar-refractivity contribution in [2.75, 3.05) is 19.7 Å². The number of guanidine groups is 1. The third kappa shape index (κ3) is 29.7. The van der Waals surface area contributed by atoms with E-state index in [-0.39, 0.29) is 94.6 Å². The van der Waals surface area contributed by atoms with E-state index in [1.807, 2.05) is 0 Å². The lowest BCUT2D eigenvalue weighted by Crippen LogP contribution is -2.62. The van der Waals surface area contributed by atoms with Crippen LogP contribution in [0.1, 0.15) is 125 Å². The Morgan fingerprint density at radius 3 is 1.31 bits per heavy atom. The summed E-state index contributed by atoms with van der Waals surface area (Å²) in [6, 6.07) is -6.15. The van der Waals surface area contributed by atoms with Crippen molar-refractivity contribution in [3.8, 4) is 0 Å². The molecule has 484 valence electrons. The molecule has 1 aromatic carbocycles. The first-order valence-electron chi connectivity index (χ1n) is 28.7. The molecule has 0 saturated carbocycles. The molecular weight excluding hydrogens is 1120 g/mol. The predicted molar refractivity (Wildman–Crippen MR) is 317 cm³/mol. The maximum atomic E-state index is 14.4. The first-order chi connectivity index (χ1) is 40.3. The second-order valence-electron chi connectivity index (χ2n) is 22.3. The van der Waals surface area contributed by atoms with Crippen molar-refractivity contribution < 1.29 is 67.7 Å². The monoisotopic (exact) mass is 1220 g/mol. The van der Waals surface area contributed by atoms with Crippen LogP contribution in [-0.2, 0) is 64.0 Å². The number of benzene rings is 1. The van der Waals surface area contributed by atoms with Gasteiger partial charge in [-0.05, 0) is 94.6 Å². The Kier molecular flexibility index (Phi) is 35.0. The number of amides is 12. The van der Waals surface area contributed by atoms with Crippen molar-refractivity contribution in [1.82, 2.24) is 47.9 Å². The van der Waals surface area contributed by atoms with Gasteiger partial charge in [-0.2, -0.15) is 0 Å². The Bertz CT molecular complexity index is 2440. The van der Waals surface area contributed by atoms with E-state index in [9.17, 15) is 67.7 Å². The SMILES string of the molecule is CC(C)C[C@H](NC(=O)[C@H](CO)NC(=O)[C@H](Cc1ccccc1)NC(=O)[C@H](CCCN=C(N)N)NC(=O)[C@H](CCCCN)NC(=O)[C@@H](NC(=O)[C@H](CC(C)C)NC(=O)[C@H](CCC(N)=O)NC(=O)[C@H](CCC(N)=O)NC(=O)[C@@H](N)C(C)C)[C@@H](C)O)C(N)=O. The average Bonchev–Trinajstić information content (AvgIpc) is 3.50. The maximum Gasteiger partial charge on any atom is 0.245 e. The summed E-state index contributed by atoms with van der Waals surface area (Å²) >= 11 is 0. The van der Waals surface area contributed by atoms with Gasteiger partial charge >= 0.3 is 0 Å². The van der Waals surface area contributed by atoms with Crippen LogP contribution in [0, 0.1) is 17.8 Å². The Hall–Kier alpha value is -8.03. The largest absolute Gasteiger partial charge is 0.394 e. The van der Waals surface area contributed by atoms with Gasteiger partial charge in [-0.25, -0.2) is 0 Å². The zero-order chi connectivity index (χ0) is 65.4. The van der Waals surface area contributed by atoms with Crippen LogP contribution < -0.4 is 88.0 Å². The zero-order valence-electron chi connectivity index (χ0n) is 50.4. The number of nitrogens with two attached hydrogens (primary N) is 7. The molecule has 0 aliphatic rings. The normalized spacial score (nSPS) is 15.0. The van der Waals surface area contributed by atoms with E-state index < -0.39 is 157 Å². The molecule has 0 bridgehead atoms. The van der Waals surface area contributed by atoms with Gasteiger partial charge in [-0.15, -0.1) is 0 Å². The summed E-state index contributed by atoms with van der Waals surface area (Å²) < 4.78 is 0. The zero-order valence-corrected chi connectivity index (χ0v) is 50.4. The number of nitrogens with zero attached hydrogens (tertiary/aromatic N) is 1. The Balaban J connectivity index is 3.66. The molecule has 86 heavy (non-hydrogen) atoms. The van der Waals surface area contributed by atoms with Gasteiger partial charge < -0.3 is 98.2 Å². The Morgan fingerprint density at radius 2 is 0.872 bits per heavy atom. The van der Waals surface area contributed by atoms with Crippen LogP contribution in [0.4, 0.5) is 0 Å². The standard InChI is InChI=1S/C55H95N17O14/c1-28(2)24-37(45(60)77)68-52(84)40(27-73)71-50(82)39(26-32-14-9-8-10-15-32)70-47(79)34(17-13-23-63-55(61)62)64-46(78)33(16-11-12-22-56)67-54(86)44(31(7)74)72-51(83)38(25-29(3)4)69-49(81)35(18-20-41(57)75)65-48(80)36(19-21-42(58)76)66-53(85)43(59)30(5)6/h8-10,14-15,28-31,33-40,43-44,73-74H,11-13,16-27,56,59H2,1-7H3,(H2,57,75)(H2,58,76)(H2,60,77)(H,64,78)(H,65,80)(H,66,85)(H,67,86)(H,68,84)(H,69,81)(H,70,79)(H,71,82)(H,72,83)(H4,61,62,63)/t31-,33+,34+,35+,36+,37+,38+,39+,40+,43+,44+/m1/s1. The molecule has 0 aromatic heterocycles. The molecular formula is C55H95N17O14. The van der Waals surface area contributed by atoms with Gasteiger partial charge in [0.1, 0.15) is 54.4 Å². The molecule has 0 fully saturated rings. The van der Waals surface area contributed by atoms with Crippen LogP contribution in [0.3, 0.4) is 0 Å². The van der Waals surface area contributed by atoms with Crippen LogP contribution in [0.5, 0.6) is 0 Å². The van der Waals surface area contributed by atoms with Gasteiger partial charge in [-0.3, -0.25) is 62.5 Å². The number of aliphatic imine (C=N–C) groups is 1. The molecule has 31 heteroatoms. The van der Waals surface area contributed by atoms with Crippen molar-refractivity contribution in [2.45, 2.75) is 192 Å². The molecule has 0 aliphatic carbocycles. The van der Waals surface area contributed by atoms with Crippen LogP contribution in [0.2, 0.25) is 0 Å². The molecule has 11 atom stereocenters. The van der Waals surface area contributed by atoms with Gasteiger partial charge in [0.15, 0.2) is 5.96 Å². The summed E-state index contributed by atoms with van der Waals surface area (Å²) in [5, 5.41) is 43.7. The van der Waals surface area contributed by atoms with Crippen molar-refractivity contribution in [1.29, 1.82) is 0 Å². The lowest BCUT2D eigenvalue weighted by Gasteiger charge is -2.29. The molecule has 0 unspecified atom stereocenters. The fourth-order valence-electron chi connectivity index (χ4n) is 8.44. The topological polar surface area (TPSA) is 548 Å². The molecule has 0 saturated heterocycles. The van der Waals surface area contributed by atoms with E-state index in [0.717, 1.165) is 0 Å². The third-order valence-electron chi connectivity index (χ3n) is 13.3. The highest BCUT2D eigenvalue weighted by atomic mass is 16.3. The van der Waals surface area contributed by atoms with Crippen molar-refractivity contribution in [2.24, 2.45) is 62.9 Å². The third-order valence-corrected chi connectivity index (χ3v) is 13.3. The lowest BCUT2D eigenvalue weighted by molar-refractivity contribution is -0.137. The first-order valence-corrected chi connectivity index (χ1v) is 28.7. The molecule has 1 rings (SSSR count). The van der Waals surface area contributed by atoms with E-state index >= 15 is 0 Å². The van der Waals surface area contributed by atoms with E-state index in [2.05, 4.69) is 52.8 Å². The van der Waals surface area contributed by atoms with Gasteiger partial charge in [-0.1, -0.05) is 71.9 Å². The van der Waals surface area contributed by atoms with Gasteiger partial charge in [0.25, 0.3) is 0 Å². The molecule has 0 heterocycles. The minimum atomic E-state index is -1.81. The van der Waals surface area contributed by atoms with Crippen LogP contribution >= 0.6 is 0 Å². The van der Waals surface area contributed by atoms with Crippen LogP contribution in [0.15, 0.2) is 35.3 Å². The summed E-state index contributed by atoms with van der Waals surface area (Å²) in [4.78, 5) is 165. The summed E-state index contributed by atoms with van der Waals surface area (Å²) in [5.74, 6) is -12.1. The number of primary amides is 3. The molecule has 1 aromatic rings. The lowest BCUT2D eigenvalue weighted by atomic mass is 10.0. The predicted octanol–water partition coefficient (Wildman–Crippen LogP) is -5.76. The number of hydrogen-bond donors (Lipinski definition) is 18. The van der Waals surface area contributed by atoms with Gasteiger partial charge in [0, 0.05) is 25.8 Å². The Labute approximate surface area is 501 Å². The van der Waals surface area contributed by atoms with E-state index in [1.54, 1.807) is 71.9 Å². The molecule has 0 radical (unpaired) electrons. The molecule has 25 N–H and O–H groups in total. The van der Waals surface area contributed by atoms with E-state index in [4.69, 9.17) is 40.1 Å². The smallest absolute Gasteiger partial charge is 0.245 e.